The molecule has 0 atom stereocenters. The Bertz CT molecular complexity index is 1580. The zero-order chi connectivity index (χ0) is 26.3. The fourth-order valence-corrected chi connectivity index (χ4v) is 4.54. The van der Waals surface area contributed by atoms with Crippen LogP contribution >= 0.6 is 0 Å². The molecule has 0 aliphatic carbocycles. The lowest BCUT2D eigenvalue weighted by Gasteiger charge is -2.22. The number of benzene rings is 2. The minimum absolute atomic E-state index is 0.00684. The molecule has 3 amide bonds. The minimum Gasteiger partial charge on any atom is -0.366 e. The second kappa shape index (κ2) is 9.34. The van der Waals surface area contributed by atoms with Gasteiger partial charge in [-0.1, -0.05) is 19.1 Å². The average molecular weight is 502 g/mol. The summed E-state index contributed by atoms with van der Waals surface area (Å²) in [5.74, 6) is -0.901. The van der Waals surface area contributed by atoms with Crippen molar-refractivity contribution in [2.75, 3.05) is 22.9 Å². The van der Waals surface area contributed by atoms with Gasteiger partial charge in [-0.05, 0) is 53.9 Å². The third-order valence-corrected chi connectivity index (χ3v) is 6.41. The highest BCUT2D eigenvalue weighted by Crippen LogP contribution is 2.33. The van der Waals surface area contributed by atoms with Gasteiger partial charge in [0.15, 0.2) is 0 Å². The fourth-order valence-electron chi connectivity index (χ4n) is 4.54. The van der Waals surface area contributed by atoms with Gasteiger partial charge in [-0.2, -0.15) is 5.10 Å². The van der Waals surface area contributed by atoms with Gasteiger partial charge in [-0.3, -0.25) is 14.6 Å². The molecule has 1 saturated heterocycles. The number of pyridine rings is 1. The van der Waals surface area contributed by atoms with Gasteiger partial charge in [0.05, 0.1) is 5.69 Å². The number of urea groups is 1. The van der Waals surface area contributed by atoms with E-state index in [1.54, 1.807) is 18.1 Å². The number of amides is 3. The van der Waals surface area contributed by atoms with Gasteiger partial charge in [0, 0.05) is 43.1 Å². The van der Waals surface area contributed by atoms with Crippen LogP contribution in [0.15, 0.2) is 65.8 Å². The number of primary amides is 1. The summed E-state index contributed by atoms with van der Waals surface area (Å²) in [6.45, 7) is 2.62. The van der Waals surface area contributed by atoms with Crippen LogP contribution in [0.25, 0.3) is 16.8 Å². The normalized spacial score (nSPS) is 13.4. The number of nitrogens with zero attached hydrogens (tertiary/aromatic N) is 6. The van der Waals surface area contributed by atoms with Crippen LogP contribution in [0, 0.1) is 5.82 Å². The van der Waals surface area contributed by atoms with Crippen LogP contribution in [0.3, 0.4) is 0 Å². The number of carbonyl (C=O) groups excluding carboxylic acids is 2. The quantitative estimate of drug-likeness (QED) is 0.436. The van der Waals surface area contributed by atoms with Gasteiger partial charge in [0.2, 0.25) is 5.91 Å². The first-order valence-corrected chi connectivity index (χ1v) is 11.7. The van der Waals surface area contributed by atoms with E-state index in [1.165, 1.54) is 32.6 Å². The molecule has 0 bridgehead atoms. The van der Waals surface area contributed by atoms with Crippen molar-refractivity contribution >= 4 is 23.4 Å². The highest BCUT2D eigenvalue weighted by atomic mass is 19.1. The van der Waals surface area contributed by atoms with Crippen LogP contribution in [-0.2, 0) is 13.5 Å². The Labute approximate surface area is 211 Å². The first-order chi connectivity index (χ1) is 17.8. The van der Waals surface area contributed by atoms with Crippen LogP contribution in [0.4, 0.5) is 20.7 Å². The van der Waals surface area contributed by atoms with E-state index in [1.807, 2.05) is 37.3 Å². The Morgan fingerprint density at radius 1 is 1.03 bits per heavy atom. The number of aromatic nitrogens is 4. The summed E-state index contributed by atoms with van der Waals surface area (Å²) < 4.78 is 16.8. The summed E-state index contributed by atoms with van der Waals surface area (Å²) in [5, 5.41) is 3.98. The first-order valence-electron chi connectivity index (χ1n) is 11.7. The van der Waals surface area contributed by atoms with E-state index >= 15 is 0 Å². The van der Waals surface area contributed by atoms with E-state index < -0.39 is 11.7 Å². The maximum absolute atomic E-state index is 14.1. The van der Waals surface area contributed by atoms with Gasteiger partial charge in [-0.15, -0.1) is 0 Å². The molecule has 10 nitrogen and oxygen atoms in total. The molecule has 1 aliphatic heterocycles. The van der Waals surface area contributed by atoms with E-state index in [0.717, 1.165) is 22.8 Å². The van der Waals surface area contributed by atoms with Gasteiger partial charge >= 0.3 is 11.7 Å². The molecule has 3 heterocycles. The average Bonchev–Trinajstić information content (AvgIpc) is 3.44. The largest absolute Gasteiger partial charge is 0.366 e. The van der Waals surface area contributed by atoms with Crippen molar-refractivity contribution in [3.8, 4) is 16.8 Å². The van der Waals surface area contributed by atoms with Crippen LogP contribution in [0.2, 0.25) is 0 Å². The third kappa shape index (κ3) is 4.24. The van der Waals surface area contributed by atoms with Crippen molar-refractivity contribution in [1.82, 2.24) is 19.3 Å². The lowest BCUT2D eigenvalue weighted by Crippen LogP contribution is -2.33. The molecule has 1 aliphatic rings. The predicted molar refractivity (Wildman–Crippen MR) is 136 cm³/mol. The van der Waals surface area contributed by atoms with Gasteiger partial charge < -0.3 is 5.73 Å². The Morgan fingerprint density at radius 2 is 1.76 bits per heavy atom. The van der Waals surface area contributed by atoms with Crippen molar-refractivity contribution in [1.29, 1.82) is 0 Å². The third-order valence-electron chi connectivity index (χ3n) is 6.41. The SMILES string of the molecule is CCc1c(-c2ccc(-n3cnn(C)c3=O)cc2)ccnc1N1CCN(c2cc(F)cc(C(N)=O)c2)C1=O. The summed E-state index contributed by atoms with van der Waals surface area (Å²) in [6, 6.07) is 12.7. The number of halogens is 1. The molecule has 2 aromatic heterocycles. The topological polar surface area (TPSA) is 119 Å². The molecule has 4 aromatic rings. The zero-order valence-corrected chi connectivity index (χ0v) is 20.3. The Morgan fingerprint density at radius 3 is 2.41 bits per heavy atom. The molecule has 37 heavy (non-hydrogen) atoms. The van der Waals surface area contributed by atoms with Gasteiger partial charge in [0.1, 0.15) is 18.0 Å². The van der Waals surface area contributed by atoms with Crippen molar-refractivity contribution in [3.05, 3.63) is 88.5 Å². The number of hydrogen-bond donors (Lipinski definition) is 1. The van der Waals surface area contributed by atoms with Crippen LogP contribution < -0.4 is 21.2 Å². The molecule has 0 unspecified atom stereocenters. The maximum Gasteiger partial charge on any atom is 0.350 e. The molecular formula is C26H24FN7O3. The number of carbonyl (C=O) groups is 2. The monoisotopic (exact) mass is 501 g/mol. The van der Waals surface area contributed by atoms with Crippen molar-refractivity contribution < 1.29 is 14.0 Å². The number of nitrogens with two attached hydrogens (primary N) is 1. The van der Waals surface area contributed by atoms with E-state index in [9.17, 15) is 18.8 Å². The molecule has 11 heteroatoms. The Kier molecular flexibility index (Phi) is 6.04. The Hall–Kier alpha value is -4.80. The van der Waals surface area contributed by atoms with Crippen molar-refractivity contribution in [2.24, 2.45) is 12.8 Å². The standard InChI is InChI=1S/C26H24FN7O3/c1-3-21-22(16-4-6-19(7-5-16)34-15-30-31(2)25(34)36)8-9-29-24(21)33-11-10-32(26(33)37)20-13-17(23(28)35)12-18(27)14-20/h4-9,12-15H,3,10-11H2,1-2H3,(H2,28,35). The number of rotatable bonds is 6. The number of anilines is 2. The highest BCUT2D eigenvalue weighted by Gasteiger charge is 2.33. The lowest BCUT2D eigenvalue weighted by atomic mass is 9.98. The summed E-state index contributed by atoms with van der Waals surface area (Å²) in [7, 11) is 1.59. The van der Waals surface area contributed by atoms with E-state index in [2.05, 4.69) is 10.1 Å². The summed E-state index contributed by atoms with van der Waals surface area (Å²) in [6.07, 6.45) is 3.72. The minimum atomic E-state index is -0.772. The molecule has 1 fully saturated rings. The summed E-state index contributed by atoms with van der Waals surface area (Å²) in [4.78, 5) is 44.6. The molecule has 2 aromatic carbocycles. The summed E-state index contributed by atoms with van der Waals surface area (Å²) in [5.41, 5.74) is 8.70. The summed E-state index contributed by atoms with van der Waals surface area (Å²) >= 11 is 0. The van der Waals surface area contributed by atoms with Crippen molar-refractivity contribution in [2.45, 2.75) is 13.3 Å². The lowest BCUT2D eigenvalue weighted by molar-refractivity contribution is 0.1000. The molecule has 0 saturated carbocycles. The zero-order valence-electron chi connectivity index (χ0n) is 20.3. The smallest absolute Gasteiger partial charge is 0.350 e. The van der Waals surface area contributed by atoms with E-state index in [-0.39, 0.29) is 23.0 Å². The number of hydrogen-bond acceptors (Lipinski definition) is 5. The van der Waals surface area contributed by atoms with Crippen LogP contribution in [0.1, 0.15) is 22.8 Å². The fraction of sp³-hybridized carbons (Fsp3) is 0.192. The molecule has 2 N–H and O–H groups in total. The van der Waals surface area contributed by atoms with Crippen LogP contribution in [0.5, 0.6) is 0 Å². The second-order valence-corrected chi connectivity index (χ2v) is 8.62. The molecular weight excluding hydrogens is 477 g/mol. The predicted octanol–water partition coefficient (Wildman–Crippen LogP) is 2.88. The molecule has 5 rings (SSSR count). The first kappa shape index (κ1) is 23.9. The van der Waals surface area contributed by atoms with Gasteiger partial charge in [-0.25, -0.2) is 28.2 Å². The molecule has 0 radical (unpaired) electrons. The molecule has 188 valence electrons. The maximum atomic E-state index is 14.1. The van der Waals surface area contributed by atoms with Crippen LogP contribution in [-0.4, -0.2) is 44.4 Å². The van der Waals surface area contributed by atoms with E-state index in [4.69, 9.17) is 5.73 Å². The second-order valence-electron chi connectivity index (χ2n) is 8.62. The highest BCUT2D eigenvalue weighted by molar-refractivity contribution is 6.07. The van der Waals surface area contributed by atoms with Gasteiger partial charge in [0.25, 0.3) is 0 Å². The Balaban J connectivity index is 1.47. The van der Waals surface area contributed by atoms with E-state index in [0.29, 0.717) is 31.0 Å². The molecule has 0 spiro atoms. The van der Waals surface area contributed by atoms with Crippen molar-refractivity contribution in [3.63, 3.8) is 0 Å². The number of aryl methyl sites for hydroxylation is 1.